The van der Waals surface area contributed by atoms with Crippen LogP contribution in [0.25, 0.3) is 0 Å². The van der Waals surface area contributed by atoms with Crippen LogP contribution in [0.1, 0.15) is 6.92 Å². The Morgan fingerprint density at radius 1 is 1.55 bits per heavy atom. The molecule has 1 fully saturated rings. The number of anilines is 1. The second kappa shape index (κ2) is 6.11. The lowest BCUT2D eigenvalue weighted by Gasteiger charge is -2.38. The van der Waals surface area contributed by atoms with Crippen molar-refractivity contribution in [1.82, 2.24) is 14.3 Å². The Morgan fingerprint density at radius 2 is 2.25 bits per heavy atom. The van der Waals surface area contributed by atoms with Gasteiger partial charge in [-0.2, -0.15) is 4.98 Å². The fourth-order valence-corrected chi connectivity index (χ4v) is 3.27. The van der Waals surface area contributed by atoms with Crippen molar-refractivity contribution < 1.29 is 13.2 Å². The van der Waals surface area contributed by atoms with E-state index in [-0.39, 0.29) is 17.7 Å². The van der Waals surface area contributed by atoms with Gasteiger partial charge in [0.1, 0.15) is 5.02 Å². The third kappa shape index (κ3) is 3.31. The third-order valence-electron chi connectivity index (χ3n) is 3.14. The molecule has 0 amide bonds. The molecule has 2 heterocycles. The van der Waals surface area contributed by atoms with Gasteiger partial charge >= 0.3 is 6.01 Å². The summed E-state index contributed by atoms with van der Waals surface area (Å²) in [6.07, 6.45) is 1.46. The van der Waals surface area contributed by atoms with Crippen LogP contribution >= 0.6 is 11.6 Å². The predicted octanol–water partition coefficient (Wildman–Crippen LogP) is 0.832. The summed E-state index contributed by atoms with van der Waals surface area (Å²) in [6.45, 7) is 3.31. The molecule has 1 saturated heterocycles. The summed E-state index contributed by atoms with van der Waals surface area (Å²) in [7, 11) is -1.58. The Hall–Kier alpha value is -1.12. The molecular weight excluding hydrogens is 304 g/mol. The Morgan fingerprint density at radius 3 is 2.85 bits per heavy atom. The lowest BCUT2D eigenvalue weighted by atomic mass is 10.0. The van der Waals surface area contributed by atoms with Crippen molar-refractivity contribution in [3.05, 3.63) is 11.2 Å². The summed E-state index contributed by atoms with van der Waals surface area (Å²) in [5.74, 6) is 0.894. The van der Waals surface area contributed by atoms with Gasteiger partial charge in [-0.1, -0.05) is 11.6 Å². The van der Waals surface area contributed by atoms with Crippen molar-refractivity contribution in [2.24, 2.45) is 5.92 Å². The van der Waals surface area contributed by atoms with E-state index in [2.05, 4.69) is 15.3 Å². The lowest BCUT2D eigenvalue weighted by molar-refractivity contribution is 0.212. The van der Waals surface area contributed by atoms with Gasteiger partial charge in [0.05, 0.1) is 19.1 Å². The SMILES string of the molecule is CCS(=O)(=O)N1CC(CNc2nc(OC)ncc2Cl)C1. The zero-order chi connectivity index (χ0) is 14.8. The van der Waals surface area contributed by atoms with Crippen LogP contribution in [0.4, 0.5) is 5.82 Å². The van der Waals surface area contributed by atoms with E-state index < -0.39 is 10.0 Å². The molecule has 0 saturated carbocycles. The molecule has 0 aromatic carbocycles. The molecule has 1 N–H and O–H groups in total. The van der Waals surface area contributed by atoms with Crippen LogP contribution in [0.3, 0.4) is 0 Å². The van der Waals surface area contributed by atoms with Crippen LogP contribution in [-0.2, 0) is 10.0 Å². The van der Waals surface area contributed by atoms with Crippen molar-refractivity contribution in [2.75, 3.05) is 37.8 Å². The standard InChI is InChI=1S/C11H17ClN4O3S/c1-3-20(17,18)16-6-8(7-16)4-13-10-9(12)5-14-11(15-10)19-2/h5,8H,3-4,6-7H2,1-2H3,(H,13,14,15). The maximum atomic E-state index is 11.6. The molecule has 1 aliphatic rings. The minimum Gasteiger partial charge on any atom is -0.467 e. The molecular formula is C11H17ClN4O3S. The highest BCUT2D eigenvalue weighted by Gasteiger charge is 2.34. The molecule has 20 heavy (non-hydrogen) atoms. The maximum absolute atomic E-state index is 11.6. The molecule has 112 valence electrons. The first-order valence-corrected chi connectivity index (χ1v) is 8.23. The summed E-state index contributed by atoms with van der Waals surface area (Å²) in [5.41, 5.74) is 0. The summed E-state index contributed by atoms with van der Waals surface area (Å²) >= 11 is 5.97. The van der Waals surface area contributed by atoms with Gasteiger partial charge in [-0.25, -0.2) is 17.7 Å². The molecule has 0 aliphatic carbocycles. The van der Waals surface area contributed by atoms with Gasteiger partial charge in [-0.05, 0) is 6.92 Å². The number of rotatable bonds is 6. The zero-order valence-corrected chi connectivity index (χ0v) is 12.9. The van der Waals surface area contributed by atoms with Crippen LogP contribution < -0.4 is 10.1 Å². The van der Waals surface area contributed by atoms with Gasteiger partial charge in [-0.3, -0.25) is 0 Å². The second-order valence-corrected chi connectivity index (χ2v) is 7.18. The number of nitrogens with one attached hydrogen (secondary N) is 1. The fourth-order valence-electron chi connectivity index (χ4n) is 1.88. The number of sulfonamides is 1. The Balaban J connectivity index is 1.86. The fraction of sp³-hybridized carbons (Fsp3) is 0.636. The minimum atomic E-state index is -3.06. The van der Waals surface area contributed by atoms with Gasteiger partial charge in [0.15, 0.2) is 5.82 Å². The van der Waals surface area contributed by atoms with Crippen molar-refractivity contribution in [3.63, 3.8) is 0 Å². The van der Waals surface area contributed by atoms with E-state index >= 15 is 0 Å². The van der Waals surface area contributed by atoms with Gasteiger partial charge < -0.3 is 10.1 Å². The highest BCUT2D eigenvalue weighted by molar-refractivity contribution is 7.89. The van der Waals surface area contributed by atoms with Crippen molar-refractivity contribution >= 4 is 27.4 Å². The molecule has 1 aromatic rings. The number of hydrogen-bond donors (Lipinski definition) is 1. The van der Waals surface area contributed by atoms with Gasteiger partial charge in [0, 0.05) is 25.6 Å². The average Bonchev–Trinajstić information content (AvgIpc) is 2.38. The Bertz CT molecular complexity index is 575. The predicted molar refractivity (Wildman–Crippen MR) is 76.6 cm³/mol. The first-order valence-electron chi connectivity index (χ1n) is 6.24. The summed E-state index contributed by atoms with van der Waals surface area (Å²) in [4.78, 5) is 7.98. The van der Waals surface area contributed by atoms with E-state index in [1.54, 1.807) is 6.92 Å². The number of halogens is 1. The minimum absolute atomic E-state index is 0.141. The van der Waals surface area contributed by atoms with E-state index in [0.717, 1.165) is 0 Å². The molecule has 0 atom stereocenters. The van der Waals surface area contributed by atoms with Gasteiger partial charge in [0.25, 0.3) is 0 Å². The Kier molecular flexibility index (Phi) is 4.66. The quantitative estimate of drug-likeness (QED) is 0.836. The van der Waals surface area contributed by atoms with E-state index in [0.29, 0.717) is 30.5 Å². The van der Waals surface area contributed by atoms with Crippen LogP contribution in [0.15, 0.2) is 6.20 Å². The normalized spacial score (nSPS) is 16.8. The van der Waals surface area contributed by atoms with Crippen LogP contribution in [0.5, 0.6) is 6.01 Å². The van der Waals surface area contributed by atoms with Crippen molar-refractivity contribution in [1.29, 1.82) is 0 Å². The highest BCUT2D eigenvalue weighted by atomic mass is 35.5. The molecule has 7 nitrogen and oxygen atoms in total. The molecule has 9 heteroatoms. The van der Waals surface area contributed by atoms with Gasteiger partial charge in [-0.15, -0.1) is 0 Å². The largest absolute Gasteiger partial charge is 0.467 e. The van der Waals surface area contributed by atoms with Crippen molar-refractivity contribution in [3.8, 4) is 6.01 Å². The molecule has 1 aliphatic heterocycles. The molecule has 2 rings (SSSR count). The zero-order valence-electron chi connectivity index (χ0n) is 11.3. The number of methoxy groups -OCH3 is 1. The monoisotopic (exact) mass is 320 g/mol. The smallest absolute Gasteiger partial charge is 0.318 e. The summed E-state index contributed by atoms with van der Waals surface area (Å²) < 4.78 is 29.6. The molecule has 0 bridgehead atoms. The second-order valence-electron chi connectivity index (χ2n) is 4.52. The first-order chi connectivity index (χ1) is 9.46. The summed E-state index contributed by atoms with van der Waals surface area (Å²) in [6, 6.07) is 0.237. The van der Waals surface area contributed by atoms with Crippen molar-refractivity contribution in [2.45, 2.75) is 6.92 Å². The van der Waals surface area contributed by atoms with Crippen LogP contribution in [-0.4, -0.2) is 55.2 Å². The van der Waals surface area contributed by atoms with Gasteiger partial charge in [0.2, 0.25) is 10.0 Å². The van der Waals surface area contributed by atoms with E-state index in [1.165, 1.54) is 17.6 Å². The number of aromatic nitrogens is 2. The average molecular weight is 321 g/mol. The maximum Gasteiger partial charge on any atom is 0.318 e. The number of ether oxygens (including phenoxy) is 1. The van der Waals surface area contributed by atoms with E-state index in [1.807, 2.05) is 0 Å². The molecule has 0 unspecified atom stereocenters. The Labute approximate surface area is 123 Å². The lowest BCUT2D eigenvalue weighted by Crippen LogP contribution is -2.52. The number of hydrogen-bond acceptors (Lipinski definition) is 6. The van der Waals surface area contributed by atoms with Crippen LogP contribution in [0.2, 0.25) is 5.02 Å². The van der Waals surface area contributed by atoms with E-state index in [4.69, 9.17) is 16.3 Å². The molecule has 0 radical (unpaired) electrons. The third-order valence-corrected chi connectivity index (χ3v) is 5.24. The van der Waals surface area contributed by atoms with E-state index in [9.17, 15) is 8.42 Å². The summed E-state index contributed by atoms with van der Waals surface area (Å²) in [5, 5.41) is 3.50. The first kappa shape index (κ1) is 15.3. The molecule has 1 aromatic heterocycles. The number of nitrogens with zero attached hydrogens (tertiary/aromatic N) is 3. The highest BCUT2D eigenvalue weighted by Crippen LogP contribution is 2.23. The topological polar surface area (TPSA) is 84.4 Å². The molecule has 0 spiro atoms. The van der Waals surface area contributed by atoms with Crippen LogP contribution in [0, 0.1) is 5.92 Å².